The van der Waals surface area contributed by atoms with Crippen molar-refractivity contribution in [3.63, 3.8) is 0 Å². The monoisotopic (exact) mass is 640 g/mol. The lowest BCUT2D eigenvalue weighted by molar-refractivity contribution is 0.669. The van der Waals surface area contributed by atoms with Crippen molar-refractivity contribution >= 4 is 43.9 Å². The van der Waals surface area contributed by atoms with Crippen LogP contribution < -0.4 is 0 Å². The molecule has 3 heterocycles. The standard InChI is InChI=1S/C46H28N2O2/c1-3-14-29(15-4-1)31-18-7-8-20-36(31)46-47-39(30-16-5-2-6-17-30)28-40(48-46)37-27-26-33(43-38-21-10-12-25-42(38)50-45(37)43)35-23-13-22-34-32-19-9-11-24-41(32)49-44(34)35/h1-28H. The SMILES string of the molecule is c1ccc(-c2cc(-c3ccc(-c4cccc5c4oc4ccccc45)c4c3oc3ccccc34)nc(-c3ccccc3-c3ccccc3)n2)cc1. The van der Waals surface area contributed by atoms with E-state index in [1.54, 1.807) is 0 Å². The Balaban J connectivity index is 1.25. The van der Waals surface area contributed by atoms with Gasteiger partial charge in [-0.15, -0.1) is 0 Å². The number of para-hydroxylation sites is 3. The summed E-state index contributed by atoms with van der Waals surface area (Å²) in [5.41, 5.74) is 12.1. The van der Waals surface area contributed by atoms with Crippen LogP contribution in [0.15, 0.2) is 179 Å². The van der Waals surface area contributed by atoms with Crippen LogP contribution in [-0.4, -0.2) is 9.97 Å². The molecule has 7 aromatic carbocycles. The number of furan rings is 2. The van der Waals surface area contributed by atoms with Gasteiger partial charge in [0.15, 0.2) is 5.82 Å². The molecule has 0 N–H and O–H groups in total. The highest BCUT2D eigenvalue weighted by molar-refractivity contribution is 6.19. The van der Waals surface area contributed by atoms with Crippen molar-refractivity contribution < 1.29 is 8.83 Å². The van der Waals surface area contributed by atoms with Gasteiger partial charge in [-0.2, -0.15) is 0 Å². The summed E-state index contributed by atoms with van der Waals surface area (Å²) in [6, 6.07) is 58.2. The molecule has 0 unspecified atom stereocenters. The van der Waals surface area contributed by atoms with E-state index >= 15 is 0 Å². The van der Waals surface area contributed by atoms with E-state index in [-0.39, 0.29) is 0 Å². The molecule has 234 valence electrons. The van der Waals surface area contributed by atoms with Gasteiger partial charge in [0.2, 0.25) is 0 Å². The molecule has 0 bridgehead atoms. The number of fused-ring (bicyclic) bond motifs is 6. The molecule has 50 heavy (non-hydrogen) atoms. The maximum atomic E-state index is 6.76. The molecule has 0 spiro atoms. The molecular weight excluding hydrogens is 613 g/mol. The van der Waals surface area contributed by atoms with E-state index in [9.17, 15) is 0 Å². The van der Waals surface area contributed by atoms with E-state index in [4.69, 9.17) is 18.8 Å². The highest BCUT2D eigenvalue weighted by Gasteiger charge is 2.22. The minimum Gasteiger partial charge on any atom is -0.455 e. The fourth-order valence-electron chi connectivity index (χ4n) is 7.22. The fourth-order valence-corrected chi connectivity index (χ4v) is 7.22. The summed E-state index contributed by atoms with van der Waals surface area (Å²) in [7, 11) is 0. The third kappa shape index (κ3) is 4.54. The smallest absolute Gasteiger partial charge is 0.161 e. The van der Waals surface area contributed by atoms with Crippen molar-refractivity contribution in [3.8, 4) is 56.2 Å². The van der Waals surface area contributed by atoms with Crippen LogP contribution in [0.1, 0.15) is 0 Å². The molecular formula is C46H28N2O2. The Labute approximate surface area is 287 Å². The van der Waals surface area contributed by atoms with Crippen molar-refractivity contribution in [1.82, 2.24) is 9.97 Å². The van der Waals surface area contributed by atoms with Crippen LogP contribution in [0.4, 0.5) is 0 Å². The highest BCUT2D eigenvalue weighted by Crippen LogP contribution is 2.45. The van der Waals surface area contributed by atoms with Crippen LogP contribution in [0, 0.1) is 0 Å². The average Bonchev–Trinajstić information content (AvgIpc) is 3.77. The zero-order chi connectivity index (χ0) is 33.0. The first-order valence-electron chi connectivity index (χ1n) is 16.7. The Hall–Kier alpha value is -6.78. The first-order valence-corrected chi connectivity index (χ1v) is 16.7. The van der Waals surface area contributed by atoms with Crippen LogP contribution >= 0.6 is 0 Å². The summed E-state index contributed by atoms with van der Waals surface area (Å²) in [5.74, 6) is 0.654. The van der Waals surface area contributed by atoms with E-state index in [2.05, 4.69) is 115 Å². The molecule has 0 atom stereocenters. The molecule has 0 fully saturated rings. The van der Waals surface area contributed by atoms with Crippen LogP contribution in [0.25, 0.3) is 100 Å². The number of rotatable bonds is 5. The molecule has 0 saturated carbocycles. The van der Waals surface area contributed by atoms with Gasteiger partial charge in [-0.25, -0.2) is 9.97 Å². The molecule has 4 nitrogen and oxygen atoms in total. The van der Waals surface area contributed by atoms with Crippen LogP contribution in [-0.2, 0) is 0 Å². The van der Waals surface area contributed by atoms with Gasteiger partial charge in [0, 0.05) is 43.8 Å². The lowest BCUT2D eigenvalue weighted by atomic mass is 9.94. The second kappa shape index (κ2) is 11.4. The zero-order valence-electron chi connectivity index (χ0n) is 26.9. The Kier molecular flexibility index (Phi) is 6.46. The van der Waals surface area contributed by atoms with E-state index in [1.165, 1.54) is 0 Å². The van der Waals surface area contributed by atoms with E-state index in [0.717, 1.165) is 94.2 Å². The second-order valence-electron chi connectivity index (χ2n) is 12.5. The van der Waals surface area contributed by atoms with Crippen LogP contribution in [0.5, 0.6) is 0 Å². The normalized spacial score (nSPS) is 11.6. The average molecular weight is 641 g/mol. The third-order valence-corrected chi connectivity index (χ3v) is 9.54. The summed E-state index contributed by atoms with van der Waals surface area (Å²) in [4.78, 5) is 10.5. The van der Waals surface area contributed by atoms with Gasteiger partial charge < -0.3 is 8.83 Å². The number of hydrogen-bond acceptors (Lipinski definition) is 4. The Bertz CT molecular complexity index is 2870. The number of nitrogens with zero attached hydrogens (tertiary/aromatic N) is 2. The lowest BCUT2D eigenvalue weighted by Crippen LogP contribution is -1.97. The quantitative estimate of drug-likeness (QED) is 0.188. The zero-order valence-corrected chi connectivity index (χ0v) is 26.9. The first kappa shape index (κ1) is 28.3. The second-order valence-corrected chi connectivity index (χ2v) is 12.5. The third-order valence-electron chi connectivity index (χ3n) is 9.54. The molecule has 0 radical (unpaired) electrons. The maximum absolute atomic E-state index is 6.76. The van der Waals surface area contributed by atoms with E-state index in [1.807, 2.05) is 54.6 Å². The minimum absolute atomic E-state index is 0.654. The maximum Gasteiger partial charge on any atom is 0.161 e. The van der Waals surface area contributed by atoms with Gasteiger partial charge in [0.25, 0.3) is 0 Å². The van der Waals surface area contributed by atoms with Crippen molar-refractivity contribution in [3.05, 3.63) is 170 Å². The summed E-state index contributed by atoms with van der Waals surface area (Å²) in [6.45, 7) is 0. The summed E-state index contributed by atoms with van der Waals surface area (Å²) in [6.07, 6.45) is 0. The summed E-state index contributed by atoms with van der Waals surface area (Å²) >= 11 is 0. The molecule has 10 rings (SSSR count). The number of benzene rings is 7. The topological polar surface area (TPSA) is 52.1 Å². The predicted molar refractivity (Wildman–Crippen MR) is 204 cm³/mol. The molecule has 0 aliphatic heterocycles. The van der Waals surface area contributed by atoms with Gasteiger partial charge in [-0.3, -0.25) is 0 Å². The molecule has 0 aliphatic rings. The largest absolute Gasteiger partial charge is 0.455 e. The Morgan fingerprint density at radius 2 is 0.900 bits per heavy atom. The van der Waals surface area contributed by atoms with Crippen molar-refractivity contribution in [2.45, 2.75) is 0 Å². The molecule has 4 heteroatoms. The fraction of sp³-hybridized carbons (Fsp3) is 0. The minimum atomic E-state index is 0.654. The first-order chi connectivity index (χ1) is 24.8. The van der Waals surface area contributed by atoms with Crippen molar-refractivity contribution in [1.29, 1.82) is 0 Å². The lowest BCUT2D eigenvalue weighted by Gasteiger charge is -2.13. The summed E-state index contributed by atoms with van der Waals surface area (Å²) < 4.78 is 13.3. The molecule has 0 amide bonds. The van der Waals surface area contributed by atoms with Crippen molar-refractivity contribution in [2.75, 3.05) is 0 Å². The van der Waals surface area contributed by atoms with Gasteiger partial charge >= 0.3 is 0 Å². The molecule has 10 aromatic rings. The van der Waals surface area contributed by atoms with Gasteiger partial charge in [-0.05, 0) is 41.0 Å². The Morgan fingerprint density at radius 3 is 1.70 bits per heavy atom. The Morgan fingerprint density at radius 1 is 0.340 bits per heavy atom. The number of hydrogen-bond donors (Lipinski definition) is 0. The van der Waals surface area contributed by atoms with Crippen LogP contribution in [0.3, 0.4) is 0 Å². The van der Waals surface area contributed by atoms with Crippen LogP contribution in [0.2, 0.25) is 0 Å². The molecule has 3 aromatic heterocycles. The van der Waals surface area contributed by atoms with E-state index < -0.39 is 0 Å². The van der Waals surface area contributed by atoms with Crippen molar-refractivity contribution in [2.24, 2.45) is 0 Å². The van der Waals surface area contributed by atoms with E-state index in [0.29, 0.717) is 5.82 Å². The molecule has 0 saturated heterocycles. The predicted octanol–water partition coefficient (Wildman–Crippen LogP) is 12.6. The van der Waals surface area contributed by atoms with Gasteiger partial charge in [0.1, 0.15) is 22.3 Å². The van der Waals surface area contributed by atoms with Gasteiger partial charge in [-0.1, -0.05) is 146 Å². The molecule has 0 aliphatic carbocycles. The summed E-state index contributed by atoms with van der Waals surface area (Å²) in [5, 5.41) is 4.26. The highest BCUT2D eigenvalue weighted by atomic mass is 16.3. The number of aromatic nitrogens is 2. The van der Waals surface area contributed by atoms with Gasteiger partial charge in [0.05, 0.1) is 11.4 Å².